The average molecular weight is 369 g/mol. The van der Waals surface area contributed by atoms with E-state index in [1.807, 2.05) is 30.3 Å². The molecule has 142 valence electrons. The number of carbonyl (C=O) groups excluding carboxylic acids is 2. The maximum absolute atomic E-state index is 12.4. The Morgan fingerprint density at radius 3 is 2.37 bits per heavy atom. The molecule has 1 aliphatic rings. The Morgan fingerprint density at radius 2 is 1.70 bits per heavy atom. The number of rotatable bonds is 4. The van der Waals surface area contributed by atoms with E-state index in [0.717, 1.165) is 12.8 Å². The van der Waals surface area contributed by atoms with Gasteiger partial charge in [0.2, 0.25) is 0 Å². The molecule has 1 aliphatic heterocycles. The summed E-state index contributed by atoms with van der Waals surface area (Å²) in [5, 5.41) is 0. The molecule has 2 aromatic carbocycles. The van der Waals surface area contributed by atoms with Crippen molar-refractivity contribution in [3.63, 3.8) is 0 Å². The fraction of sp³-hybridized carbons (Fsp3) is 0.333. The quantitative estimate of drug-likeness (QED) is 0.743. The van der Waals surface area contributed by atoms with Crippen LogP contribution in [-0.2, 0) is 4.74 Å². The van der Waals surface area contributed by atoms with Crippen molar-refractivity contribution in [1.82, 2.24) is 4.90 Å². The van der Waals surface area contributed by atoms with E-state index in [1.165, 1.54) is 13.2 Å². The van der Waals surface area contributed by atoms with Gasteiger partial charge in [0.05, 0.1) is 7.11 Å². The van der Waals surface area contributed by atoms with Gasteiger partial charge in [-0.25, -0.2) is 9.59 Å². The lowest BCUT2D eigenvalue weighted by molar-refractivity contribution is 0.0596. The van der Waals surface area contributed by atoms with Gasteiger partial charge in [-0.3, -0.25) is 0 Å². The molecule has 0 spiro atoms. The van der Waals surface area contributed by atoms with Crippen LogP contribution in [0.1, 0.15) is 30.1 Å². The zero-order valence-corrected chi connectivity index (χ0v) is 15.5. The first-order valence-electron chi connectivity index (χ1n) is 8.99. The number of amides is 1. The third-order valence-corrected chi connectivity index (χ3v) is 4.57. The van der Waals surface area contributed by atoms with E-state index in [4.69, 9.17) is 14.2 Å². The minimum Gasteiger partial charge on any atom is -0.465 e. The normalized spacial score (nSPS) is 14.5. The van der Waals surface area contributed by atoms with E-state index in [1.54, 1.807) is 17.0 Å². The molecule has 6 heteroatoms. The van der Waals surface area contributed by atoms with Crippen molar-refractivity contribution in [2.75, 3.05) is 20.2 Å². The van der Waals surface area contributed by atoms with Crippen molar-refractivity contribution in [3.05, 3.63) is 54.1 Å². The molecule has 0 aromatic heterocycles. The molecule has 0 saturated carbocycles. The molecule has 0 N–H and O–H groups in total. The fourth-order valence-corrected chi connectivity index (χ4v) is 2.91. The lowest BCUT2D eigenvalue weighted by atomic mass is 10.00. The predicted octanol–water partition coefficient (Wildman–Crippen LogP) is 4.50. The molecule has 6 nitrogen and oxygen atoms in total. The maximum Gasteiger partial charge on any atom is 0.415 e. The van der Waals surface area contributed by atoms with Gasteiger partial charge in [0, 0.05) is 13.1 Å². The highest BCUT2D eigenvalue weighted by atomic mass is 16.6. The number of methoxy groups -OCH3 is 1. The molecule has 1 fully saturated rings. The molecule has 2 aromatic rings. The van der Waals surface area contributed by atoms with Crippen molar-refractivity contribution < 1.29 is 23.8 Å². The van der Waals surface area contributed by atoms with Crippen molar-refractivity contribution in [1.29, 1.82) is 0 Å². The highest BCUT2D eigenvalue weighted by molar-refractivity contribution is 5.94. The molecule has 0 atom stereocenters. The SMILES string of the molecule is COC(=O)c1cc(Oc2ccccc2)ccc1OC(=O)N1CCC(C)CC1. The average Bonchev–Trinajstić information content (AvgIpc) is 2.69. The number of hydrogen-bond acceptors (Lipinski definition) is 5. The number of para-hydroxylation sites is 1. The number of hydrogen-bond donors (Lipinski definition) is 0. The van der Waals surface area contributed by atoms with E-state index >= 15 is 0 Å². The Balaban J connectivity index is 1.77. The molecule has 1 saturated heterocycles. The number of benzene rings is 2. The second-order valence-electron chi connectivity index (χ2n) is 6.60. The molecular formula is C21H23NO5. The molecule has 0 bridgehead atoms. The molecule has 27 heavy (non-hydrogen) atoms. The number of likely N-dealkylation sites (tertiary alicyclic amines) is 1. The van der Waals surface area contributed by atoms with E-state index in [9.17, 15) is 9.59 Å². The Bertz CT molecular complexity index is 797. The van der Waals surface area contributed by atoms with Crippen LogP contribution in [0, 0.1) is 5.92 Å². The molecule has 0 aliphatic carbocycles. The Kier molecular flexibility index (Phi) is 5.96. The van der Waals surface area contributed by atoms with Gasteiger partial charge in [-0.1, -0.05) is 25.1 Å². The van der Waals surface area contributed by atoms with Crippen LogP contribution in [0.4, 0.5) is 4.79 Å². The highest BCUT2D eigenvalue weighted by Crippen LogP contribution is 2.29. The summed E-state index contributed by atoms with van der Waals surface area (Å²) >= 11 is 0. The molecular weight excluding hydrogens is 346 g/mol. The van der Waals surface area contributed by atoms with Gasteiger partial charge in [-0.15, -0.1) is 0 Å². The van der Waals surface area contributed by atoms with Crippen molar-refractivity contribution >= 4 is 12.1 Å². The molecule has 1 heterocycles. The van der Waals surface area contributed by atoms with Gasteiger partial charge >= 0.3 is 12.1 Å². The second kappa shape index (κ2) is 8.58. The lowest BCUT2D eigenvalue weighted by Crippen LogP contribution is -2.39. The van der Waals surface area contributed by atoms with Gasteiger partial charge in [-0.05, 0) is 49.1 Å². The fourth-order valence-electron chi connectivity index (χ4n) is 2.91. The summed E-state index contributed by atoms with van der Waals surface area (Å²) in [5.41, 5.74) is 0.143. The van der Waals surface area contributed by atoms with Gasteiger partial charge < -0.3 is 19.1 Å². The first kappa shape index (κ1) is 18.8. The van der Waals surface area contributed by atoms with Gasteiger partial charge in [0.1, 0.15) is 22.8 Å². The Morgan fingerprint density at radius 1 is 1.00 bits per heavy atom. The summed E-state index contributed by atoms with van der Waals surface area (Å²) in [6, 6.07) is 13.9. The smallest absolute Gasteiger partial charge is 0.415 e. The van der Waals surface area contributed by atoms with E-state index in [-0.39, 0.29) is 11.3 Å². The van der Waals surface area contributed by atoms with Crippen LogP contribution in [0.5, 0.6) is 17.2 Å². The first-order chi connectivity index (χ1) is 13.1. The van der Waals surface area contributed by atoms with Crippen LogP contribution < -0.4 is 9.47 Å². The molecule has 3 rings (SSSR count). The largest absolute Gasteiger partial charge is 0.465 e. The van der Waals surface area contributed by atoms with Crippen LogP contribution in [0.25, 0.3) is 0 Å². The van der Waals surface area contributed by atoms with Gasteiger partial charge in [0.25, 0.3) is 0 Å². The summed E-state index contributed by atoms with van der Waals surface area (Å²) in [7, 11) is 1.28. The van der Waals surface area contributed by atoms with Crippen molar-refractivity contribution in [2.24, 2.45) is 5.92 Å². The number of esters is 1. The Hall–Kier alpha value is -3.02. The second-order valence-corrected chi connectivity index (χ2v) is 6.60. The number of piperidine rings is 1. The van der Waals surface area contributed by atoms with Crippen LogP contribution in [0.3, 0.4) is 0 Å². The molecule has 0 radical (unpaired) electrons. The van der Waals surface area contributed by atoms with Gasteiger partial charge in [-0.2, -0.15) is 0 Å². The summed E-state index contributed by atoms with van der Waals surface area (Å²) in [6.45, 7) is 3.48. The van der Waals surface area contributed by atoms with Crippen LogP contribution in [0.2, 0.25) is 0 Å². The first-order valence-corrected chi connectivity index (χ1v) is 8.99. The molecule has 1 amide bonds. The van der Waals surface area contributed by atoms with E-state index < -0.39 is 12.1 Å². The zero-order valence-electron chi connectivity index (χ0n) is 15.5. The van der Waals surface area contributed by atoms with E-state index in [0.29, 0.717) is 30.5 Å². The summed E-state index contributed by atoms with van der Waals surface area (Å²) in [5.74, 6) is 1.26. The lowest BCUT2D eigenvalue weighted by Gasteiger charge is -2.29. The van der Waals surface area contributed by atoms with Gasteiger partial charge in [0.15, 0.2) is 0 Å². The summed E-state index contributed by atoms with van der Waals surface area (Å²) in [6.07, 6.45) is 1.44. The van der Waals surface area contributed by atoms with Crippen molar-refractivity contribution in [2.45, 2.75) is 19.8 Å². The summed E-state index contributed by atoms with van der Waals surface area (Å²) < 4.78 is 16.0. The monoisotopic (exact) mass is 369 g/mol. The van der Waals surface area contributed by atoms with Crippen LogP contribution >= 0.6 is 0 Å². The third-order valence-electron chi connectivity index (χ3n) is 4.57. The number of nitrogens with zero attached hydrogens (tertiary/aromatic N) is 1. The Labute approximate surface area is 158 Å². The van der Waals surface area contributed by atoms with Crippen molar-refractivity contribution in [3.8, 4) is 17.2 Å². The highest BCUT2D eigenvalue weighted by Gasteiger charge is 2.24. The minimum absolute atomic E-state index is 0.143. The topological polar surface area (TPSA) is 65.1 Å². The minimum atomic E-state index is -0.594. The van der Waals surface area contributed by atoms with Crippen LogP contribution in [0.15, 0.2) is 48.5 Å². The number of carbonyl (C=O) groups is 2. The summed E-state index contributed by atoms with van der Waals surface area (Å²) in [4.78, 5) is 26.3. The zero-order chi connectivity index (χ0) is 19.2. The standard InChI is InChI=1S/C21H23NO5/c1-15-10-12-22(13-11-15)21(24)27-19-9-8-17(14-18(19)20(23)25-2)26-16-6-4-3-5-7-16/h3-9,14-15H,10-13H2,1-2H3. The van der Waals surface area contributed by atoms with Crippen LogP contribution in [-0.4, -0.2) is 37.2 Å². The third kappa shape index (κ3) is 4.78. The van der Waals surface area contributed by atoms with E-state index in [2.05, 4.69) is 6.92 Å². The predicted molar refractivity (Wildman–Crippen MR) is 100 cm³/mol. The maximum atomic E-state index is 12.4. The molecule has 0 unspecified atom stereocenters. The number of ether oxygens (including phenoxy) is 3.